The van der Waals surface area contributed by atoms with Gasteiger partial charge in [-0.25, -0.2) is 0 Å². The Morgan fingerprint density at radius 3 is 2.78 bits per heavy atom. The van der Waals surface area contributed by atoms with Gasteiger partial charge in [-0.15, -0.1) is 0 Å². The summed E-state index contributed by atoms with van der Waals surface area (Å²) in [4.78, 5) is 38.2. The Morgan fingerprint density at radius 2 is 2.11 bits per heavy atom. The van der Waals surface area contributed by atoms with Crippen molar-refractivity contribution in [1.29, 1.82) is 0 Å². The molecule has 1 unspecified atom stereocenters. The van der Waals surface area contributed by atoms with E-state index in [2.05, 4.69) is 10.6 Å². The number of esters is 1. The zero-order valence-electron chi connectivity index (χ0n) is 15.3. The Labute approximate surface area is 168 Å². The number of halogens is 2. The highest BCUT2D eigenvalue weighted by molar-refractivity contribution is 6.36. The van der Waals surface area contributed by atoms with Gasteiger partial charge in [0.1, 0.15) is 6.04 Å². The lowest BCUT2D eigenvalue weighted by atomic mass is 10.1. The first-order chi connectivity index (χ1) is 12.8. The van der Waals surface area contributed by atoms with Crippen LogP contribution < -0.4 is 10.6 Å². The highest BCUT2D eigenvalue weighted by Gasteiger charge is 2.33. The molecule has 9 heteroatoms. The fourth-order valence-corrected chi connectivity index (χ4v) is 3.07. The second kappa shape index (κ2) is 9.92. The predicted octanol–water partition coefficient (Wildman–Crippen LogP) is 2.32. The van der Waals surface area contributed by atoms with Crippen LogP contribution in [-0.4, -0.2) is 55.0 Å². The number of piperazine rings is 1. The number of carbonyl (C=O) groups is 3. The summed E-state index contributed by atoms with van der Waals surface area (Å²) in [5, 5.41) is 6.19. The summed E-state index contributed by atoms with van der Waals surface area (Å²) in [6, 6.07) is 4.00. The third-order valence-corrected chi connectivity index (χ3v) is 4.48. The molecule has 2 N–H and O–H groups in total. The average Bonchev–Trinajstić information content (AvgIpc) is 2.58. The summed E-state index contributed by atoms with van der Waals surface area (Å²) >= 11 is 11.9. The lowest BCUT2D eigenvalue weighted by Gasteiger charge is -2.33. The lowest BCUT2D eigenvalue weighted by Crippen LogP contribution is -2.57. The molecule has 1 aliphatic heterocycles. The largest absolute Gasteiger partial charge is 0.465 e. The zero-order chi connectivity index (χ0) is 20.0. The van der Waals surface area contributed by atoms with Crippen LogP contribution in [0.5, 0.6) is 0 Å². The molecule has 1 fully saturated rings. The van der Waals surface area contributed by atoms with Gasteiger partial charge in [0.15, 0.2) is 0 Å². The quantitative estimate of drug-likeness (QED) is 0.667. The van der Waals surface area contributed by atoms with Crippen molar-refractivity contribution < 1.29 is 19.1 Å². The molecule has 0 spiro atoms. The van der Waals surface area contributed by atoms with Gasteiger partial charge in [-0.05, 0) is 24.1 Å². The van der Waals surface area contributed by atoms with E-state index in [1.54, 1.807) is 17.0 Å². The molecule has 0 radical (unpaired) electrons. The summed E-state index contributed by atoms with van der Waals surface area (Å²) in [6.45, 7) is 4.97. The van der Waals surface area contributed by atoms with Crippen molar-refractivity contribution in [2.45, 2.75) is 26.3 Å². The number of amides is 2. The molecule has 2 amide bonds. The first-order valence-electron chi connectivity index (χ1n) is 8.68. The normalized spacial score (nSPS) is 17.5. The zero-order valence-corrected chi connectivity index (χ0v) is 16.8. The fourth-order valence-electron chi connectivity index (χ4n) is 2.61. The maximum Gasteiger partial charge on any atom is 0.307 e. The predicted molar refractivity (Wildman–Crippen MR) is 104 cm³/mol. The van der Waals surface area contributed by atoms with Gasteiger partial charge < -0.3 is 15.4 Å². The summed E-state index contributed by atoms with van der Waals surface area (Å²) in [7, 11) is 0. The molecular weight excluding hydrogens is 393 g/mol. The van der Waals surface area contributed by atoms with Crippen LogP contribution in [0.2, 0.25) is 10.0 Å². The minimum Gasteiger partial charge on any atom is -0.465 e. The highest BCUT2D eigenvalue weighted by atomic mass is 35.5. The van der Waals surface area contributed by atoms with Crippen LogP contribution in [0.15, 0.2) is 18.2 Å². The van der Waals surface area contributed by atoms with Crippen molar-refractivity contribution in [1.82, 2.24) is 10.2 Å². The minimum atomic E-state index is -0.746. The molecule has 1 aliphatic rings. The van der Waals surface area contributed by atoms with E-state index >= 15 is 0 Å². The number of anilines is 1. The third kappa shape index (κ3) is 6.68. The maximum atomic E-state index is 12.4. The molecule has 1 aromatic carbocycles. The molecule has 1 saturated heterocycles. The van der Waals surface area contributed by atoms with Crippen LogP contribution in [0.25, 0.3) is 0 Å². The minimum absolute atomic E-state index is 0.0471. The summed E-state index contributed by atoms with van der Waals surface area (Å²) in [6.07, 6.45) is -0.104. The second-order valence-corrected chi connectivity index (χ2v) is 7.57. The Kier molecular flexibility index (Phi) is 7.89. The lowest BCUT2D eigenvalue weighted by molar-refractivity contribution is -0.149. The van der Waals surface area contributed by atoms with E-state index in [1.807, 2.05) is 13.8 Å². The van der Waals surface area contributed by atoms with Crippen molar-refractivity contribution in [3.05, 3.63) is 28.2 Å². The molecule has 1 aromatic rings. The van der Waals surface area contributed by atoms with Gasteiger partial charge in [0.2, 0.25) is 11.8 Å². The number of hydrogen-bond donors (Lipinski definition) is 2. The van der Waals surface area contributed by atoms with E-state index in [4.69, 9.17) is 27.9 Å². The van der Waals surface area contributed by atoms with Crippen molar-refractivity contribution in [2.24, 2.45) is 5.92 Å². The van der Waals surface area contributed by atoms with Crippen LogP contribution in [0, 0.1) is 5.92 Å². The SMILES string of the molecule is CC(C)COC(=O)CC1C(=O)NCCN1CC(=O)Nc1ccc(Cl)cc1Cl. The Balaban J connectivity index is 1.97. The van der Waals surface area contributed by atoms with Crippen LogP contribution in [0.3, 0.4) is 0 Å². The van der Waals surface area contributed by atoms with Crippen LogP contribution in [0.4, 0.5) is 5.69 Å². The van der Waals surface area contributed by atoms with Crippen molar-refractivity contribution >= 4 is 46.7 Å². The maximum absolute atomic E-state index is 12.4. The number of nitrogens with one attached hydrogen (secondary N) is 2. The molecule has 7 nitrogen and oxygen atoms in total. The van der Waals surface area contributed by atoms with Gasteiger partial charge in [0, 0.05) is 18.1 Å². The Hall–Kier alpha value is -1.83. The van der Waals surface area contributed by atoms with E-state index in [0.717, 1.165) is 0 Å². The van der Waals surface area contributed by atoms with Crippen LogP contribution in [-0.2, 0) is 19.1 Å². The molecule has 1 heterocycles. The Bertz CT molecular complexity index is 712. The van der Waals surface area contributed by atoms with Crippen molar-refractivity contribution in [2.75, 3.05) is 31.6 Å². The Morgan fingerprint density at radius 1 is 1.37 bits per heavy atom. The monoisotopic (exact) mass is 415 g/mol. The van der Waals surface area contributed by atoms with Gasteiger partial charge in [0.05, 0.1) is 30.3 Å². The average molecular weight is 416 g/mol. The number of benzene rings is 1. The topological polar surface area (TPSA) is 87.7 Å². The van der Waals surface area contributed by atoms with Gasteiger partial charge in [-0.2, -0.15) is 0 Å². The van der Waals surface area contributed by atoms with E-state index in [0.29, 0.717) is 35.4 Å². The number of hydrogen-bond acceptors (Lipinski definition) is 5. The van der Waals surface area contributed by atoms with Crippen molar-refractivity contribution in [3.8, 4) is 0 Å². The smallest absolute Gasteiger partial charge is 0.307 e. The van der Waals surface area contributed by atoms with E-state index in [9.17, 15) is 14.4 Å². The van der Waals surface area contributed by atoms with E-state index in [-0.39, 0.29) is 30.7 Å². The first kappa shape index (κ1) is 21.5. The fraction of sp³-hybridized carbons (Fsp3) is 0.500. The molecule has 27 heavy (non-hydrogen) atoms. The molecule has 0 aliphatic carbocycles. The summed E-state index contributed by atoms with van der Waals surface area (Å²) < 4.78 is 5.15. The molecule has 1 atom stereocenters. The number of rotatable bonds is 7. The number of carbonyl (C=O) groups excluding carboxylic acids is 3. The van der Waals surface area contributed by atoms with E-state index < -0.39 is 12.0 Å². The summed E-state index contributed by atoms with van der Waals surface area (Å²) in [5.41, 5.74) is 0.431. The van der Waals surface area contributed by atoms with E-state index in [1.165, 1.54) is 6.07 Å². The second-order valence-electron chi connectivity index (χ2n) is 6.73. The molecule has 2 rings (SSSR count). The number of ether oxygens (including phenoxy) is 1. The molecular formula is C18H23Cl2N3O4. The highest BCUT2D eigenvalue weighted by Crippen LogP contribution is 2.25. The van der Waals surface area contributed by atoms with Crippen LogP contribution >= 0.6 is 23.2 Å². The molecule has 0 saturated carbocycles. The first-order valence-corrected chi connectivity index (χ1v) is 9.44. The third-order valence-electron chi connectivity index (χ3n) is 3.93. The molecule has 148 valence electrons. The molecule has 0 aromatic heterocycles. The standard InChI is InChI=1S/C18H23Cl2N3O4/c1-11(2)10-27-17(25)8-15-18(26)21-5-6-23(15)9-16(24)22-14-4-3-12(19)7-13(14)20/h3-4,7,11,15H,5-6,8-10H2,1-2H3,(H,21,26)(H,22,24). The van der Waals surface area contributed by atoms with Gasteiger partial charge in [-0.3, -0.25) is 19.3 Å². The van der Waals surface area contributed by atoms with Gasteiger partial charge in [0.25, 0.3) is 0 Å². The van der Waals surface area contributed by atoms with Crippen molar-refractivity contribution in [3.63, 3.8) is 0 Å². The van der Waals surface area contributed by atoms with Gasteiger partial charge >= 0.3 is 5.97 Å². The molecule has 0 bridgehead atoms. The number of nitrogens with zero attached hydrogens (tertiary/aromatic N) is 1. The summed E-state index contributed by atoms with van der Waals surface area (Å²) in [5.74, 6) is -0.883. The van der Waals surface area contributed by atoms with Gasteiger partial charge in [-0.1, -0.05) is 37.0 Å². The van der Waals surface area contributed by atoms with Crippen LogP contribution in [0.1, 0.15) is 20.3 Å².